The van der Waals surface area contributed by atoms with Crippen LogP contribution < -0.4 is 5.32 Å². The Morgan fingerprint density at radius 2 is 2.00 bits per heavy atom. The van der Waals surface area contributed by atoms with Gasteiger partial charge in [-0.25, -0.2) is 4.39 Å². The van der Waals surface area contributed by atoms with E-state index in [0.717, 1.165) is 5.69 Å². The SMILES string of the molecule is CC(O)CNc1ccc(F)cc1. The minimum atomic E-state index is -0.393. The Morgan fingerprint density at radius 1 is 1.42 bits per heavy atom. The molecule has 0 bridgehead atoms. The van der Waals surface area contributed by atoms with E-state index < -0.39 is 6.10 Å². The minimum Gasteiger partial charge on any atom is -0.392 e. The Balaban J connectivity index is 2.48. The van der Waals surface area contributed by atoms with Gasteiger partial charge in [0.1, 0.15) is 5.82 Å². The van der Waals surface area contributed by atoms with Crippen molar-refractivity contribution >= 4 is 5.69 Å². The fraction of sp³-hybridized carbons (Fsp3) is 0.333. The maximum atomic E-state index is 12.4. The number of hydrogen-bond donors (Lipinski definition) is 2. The van der Waals surface area contributed by atoms with Crippen LogP contribution in [0, 0.1) is 5.82 Å². The number of anilines is 1. The highest BCUT2D eigenvalue weighted by Crippen LogP contribution is 2.07. The highest BCUT2D eigenvalue weighted by atomic mass is 19.1. The van der Waals surface area contributed by atoms with Gasteiger partial charge in [0.05, 0.1) is 6.10 Å². The fourth-order valence-electron chi connectivity index (χ4n) is 0.833. The maximum Gasteiger partial charge on any atom is 0.123 e. The summed E-state index contributed by atoms with van der Waals surface area (Å²) in [5.41, 5.74) is 0.817. The van der Waals surface area contributed by atoms with Crippen molar-refractivity contribution in [3.05, 3.63) is 30.1 Å². The molecular weight excluding hydrogens is 157 g/mol. The summed E-state index contributed by atoms with van der Waals surface area (Å²) in [7, 11) is 0. The lowest BCUT2D eigenvalue weighted by Gasteiger charge is -2.07. The number of rotatable bonds is 3. The average Bonchev–Trinajstić information content (AvgIpc) is 2.03. The quantitative estimate of drug-likeness (QED) is 0.720. The van der Waals surface area contributed by atoms with Gasteiger partial charge in [0.2, 0.25) is 0 Å². The second-order valence-corrected chi connectivity index (χ2v) is 2.74. The summed E-state index contributed by atoms with van der Waals surface area (Å²) in [6, 6.07) is 6.03. The molecule has 2 nitrogen and oxygen atoms in total. The van der Waals surface area contributed by atoms with Crippen LogP contribution in [0.2, 0.25) is 0 Å². The van der Waals surface area contributed by atoms with Crippen LogP contribution in [0.4, 0.5) is 10.1 Å². The molecule has 0 saturated heterocycles. The third-order valence-electron chi connectivity index (χ3n) is 1.45. The largest absolute Gasteiger partial charge is 0.392 e. The Labute approximate surface area is 71.0 Å². The van der Waals surface area contributed by atoms with Crippen LogP contribution in [-0.4, -0.2) is 17.8 Å². The standard InChI is InChI=1S/C9H12FNO/c1-7(12)6-11-9-4-2-8(10)3-5-9/h2-5,7,11-12H,6H2,1H3. The molecule has 0 aliphatic heterocycles. The second-order valence-electron chi connectivity index (χ2n) is 2.74. The van der Waals surface area contributed by atoms with Crippen LogP contribution in [0.3, 0.4) is 0 Å². The molecule has 2 N–H and O–H groups in total. The van der Waals surface area contributed by atoms with Crippen molar-refractivity contribution in [1.82, 2.24) is 0 Å². The summed E-state index contributed by atoms with van der Waals surface area (Å²) in [4.78, 5) is 0. The highest BCUT2D eigenvalue weighted by molar-refractivity contribution is 5.42. The van der Waals surface area contributed by atoms with Crippen molar-refractivity contribution in [1.29, 1.82) is 0 Å². The maximum absolute atomic E-state index is 12.4. The Bertz CT molecular complexity index is 233. The molecule has 1 rings (SSSR count). The number of nitrogens with one attached hydrogen (secondary N) is 1. The van der Waals surface area contributed by atoms with Gasteiger partial charge in [-0.05, 0) is 31.2 Å². The molecule has 0 amide bonds. The van der Waals surface area contributed by atoms with Crippen LogP contribution in [0.15, 0.2) is 24.3 Å². The van der Waals surface area contributed by atoms with Crippen molar-refractivity contribution in [3.8, 4) is 0 Å². The van der Waals surface area contributed by atoms with Crippen molar-refractivity contribution in [2.75, 3.05) is 11.9 Å². The van der Waals surface area contributed by atoms with Crippen LogP contribution in [0.1, 0.15) is 6.92 Å². The Hall–Kier alpha value is -1.09. The highest BCUT2D eigenvalue weighted by Gasteiger charge is 1.95. The summed E-state index contributed by atoms with van der Waals surface area (Å²) >= 11 is 0. The van der Waals surface area contributed by atoms with Crippen LogP contribution in [0.25, 0.3) is 0 Å². The summed E-state index contributed by atoms with van der Waals surface area (Å²) in [6.45, 7) is 2.17. The Kier molecular flexibility index (Phi) is 3.05. The molecule has 1 atom stereocenters. The lowest BCUT2D eigenvalue weighted by molar-refractivity contribution is 0.208. The van der Waals surface area contributed by atoms with Crippen molar-refractivity contribution in [3.63, 3.8) is 0 Å². The van der Waals surface area contributed by atoms with E-state index in [4.69, 9.17) is 5.11 Å². The predicted molar refractivity (Wildman–Crippen MR) is 46.6 cm³/mol. The third-order valence-corrected chi connectivity index (χ3v) is 1.45. The monoisotopic (exact) mass is 169 g/mol. The number of aliphatic hydroxyl groups excluding tert-OH is 1. The van der Waals surface area contributed by atoms with Gasteiger partial charge in [0, 0.05) is 12.2 Å². The number of halogens is 1. The molecule has 0 fully saturated rings. The first-order valence-electron chi connectivity index (χ1n) is 3.86. The first-order valence-corrected chi connectivity index (χ1v) is 3.86. The predicted octanol–water partition coefficient (Wildman–Crippen LogP) is 1.62. The molecule has 0 aliphatic rings. The average molecular weight is 169 g/mol. The van der Waals surface area contributed by atoms with Gasteiger partial charge in [-0.2, -0.15) is 0 Å². The van der Waals surface area contributed by atoms with Gasteiger partial charge in [0.25, 0.3) is 0 Å². The molecular formula is C9H12FNO. The minimum absolute atomic E-state index is 0.252. The van der Waals surface area contributed by atoms with Crippen molar-refractivity contribution in [2.24, 2.45) is 0 Å². The molecule has 12 heavy (non-hydrogen) atoms. The number of benzene rings is 1. The zero-order chi connectivity index (χ0) is 8.97. The molecule has 1 unspecified atom stereocenters. The molecule has 3 heteroatoms. The van der Waals surface area contributed by atoms with E-state index >= 15 is 0 Å². The molecule has 0 heterocycles. The van der Waals surface area contributed by atoms with E-state index in [1.54, 1.807) is 19.1 Å². The van der Waals surface area contributed by atoms with E-state index in [1.165, 1.54) is 12.1 Å². The molecule has 0 spiro atoms. The van der Waals surface area contributed by atoms with Gasteiger partial charge < -0.3 is 10.4 Å². The second kappa shape index (κ2) is 4.07. The van der Waals surface area contributed by atoms with Crippen LogP contribution in [0.5, 0.6) is 0 Å². The van der Waals surface area contributed by atoms with Gasteiger partial charge in [-0.15, -0.1) is 0 Å². The van der Waals surface area contributed by atoms with Crippen LogP contribution >= 0.6 is 0 Å². The first-order chi connectivity index (χ1) is 5.68. The van der Waals surface area contributed by atoms with Crippen molar-refractivity contribution < 1.29 is 9.50 Å². The van der Waals surface area contributed by atoms with E-state index in [9.17, 15) is 4.39 Å². The van der Waals surface area contributed by atoms with Gasteiger partial charge >= 0.3 is 0 Å². The normalized spacial score (nSPS) is 12.6. The van der Waals surface area contributed by atoms with E-state index in [1.807, 2.05) is 0 Å². The van der Waals surface area contributed by atoms with Gasteiger partial charge in [-0.3, -0.25) is 0 Å². The molecule has 0 radical (unpaired) electrons. The van der Waals surface area contributed by atoms with Crippen LogP contribution in [-0.2, 0) is 0 Å². The molecule has 1 aromatic carbocycles. The van der Waals surface area contributed by atoms with E-state index in [0.29, 0.717) is 6.54 Å². The smallest absolute Gasteiger partial charge is 0.123 e. The molecule has 0 aliphatic carbocycles. The summed E-state index contributed by atoms with van der Waals surface area (Å²) in [5, 5.41) is 11.9. The summed E-state index contributed by atoms with van der Waals surface area (Å²) < 4.78 is 12.4. The summed E-state index contributed by atoms with van der Waals surface area (Å²) in [6.07, 6.45) is -0.393. The fourth-order valence-corrected chi connectivity index (χ4v) is 0.833. The molecule has 0 aromatic heterocycles. The number of aliphatic hydroxyl groups is 1. The van der Waals surface area contributed by atoms with E-state index in [2.05, 4.69) is 5.32 Å². The van der Waals surface area contributed by atoms with Crippen molar-refractivity contribution in [2.45, 2.75) is 13.0 Å². The van der Waals surface area contributed by atoms with Gasteiger partial charge in [0.15, 0.2) is 0 Å². The summed E-state index contributed by atoms with van der Waals surface area (Å²) in [5.74, 6) is -0.252. The molecule has 1 aromatic rings. The first kappa shape index (κ1) is 9.00. The zero-order valence-corrected chi connectivity index (χ0v) is 6.92. The topological polar surface area (TPSA) is 32.3 Å². The van der Waals surface area contributed by atoms with E-state index in [-0.39, 0.29) is 5.82 Å². The third kappa shape index (κ3) is 2.88. The Morgan fingerprint density at radius 3 is 2.50 bits per heavy atom. The zero-order valence-electron chi connectivity index (χ0n) is 6.92. The van der Waals surface area contributed by atoms with Gasteiger partial charge in [-0.1, -0.05) is 0 Å². The molecule has 0 saturated carbocycles. The number of hydrogen-bond acceptors (Lipinski definition) is 2. The lowest BCUT2D eigenvalue weighted by atomic mass is 10.3. The molecule has 66 valence electrons. The lowest BCUT2D eigenvalue weighted by Crippen LogP contribution is -2.15.